The van der Waals surface area contributed by atoms with Crippen LogP contribution in [-0.2, 0) is 0 Å². The van der Waals surface area contributed by atoms with E-state index in [-0.39, 0.29) is 6.04 Å². The summed E-state index contributed by atoms with van der Waals surface area (Å²) < 4.78 is 12.1. The second-order valence-corrected chi connectivity index (χ2v) is 5.85. The molecule has 1 aromatic carbocycles. The van der Waals surface area contributed by atoms with Crippen LogP contribution in [0.5, 0.6) is 11.5 Å². The lowest BCUT2D eigenvalue weighted by Gasteiger charge is -2.14. The predicted molar refractivity (Wildman–Crippen MR) is 95.5 cm³/mol. The zero-order valence-corrected chi connectivity index (χ0v) is 14.5. The van der Waals surface area contributed by atoms with Crippen molar-refractivity contribution >= 4 is 11.0 Å². The monoisotopic (exact) mass is 341 g/mol. The second-order valence-electron chi connectivity index (χ2n) is 5.85. The van der Waals surface area contributed by atoms with E-state index in [1.54, 1.807) is 38.6 Å². The van der Waals surface area contributed by atoms with Crippen molar-refractivity contribution < 1.29 is 9.47 Å². The van der Waals surface area contributed by atoms with Gasteiger partial charge in [0.05, 0.1) is 19.6 Å². The van der Waals surface area contributed by atoms with E-state index in [0.717, 1.165) is 5.56 Å². The van der Waals surface area contributed by atoms with E-state index in [4.69, 9.17) is 9.47 Å². The van der Waals surface area contributed by atoms with Crippen molar-refractivity contribution in [2.75, 3.05) is 14.2 Å². The molecule has 0 aliphatic heterocycles. The van der Waals surface area contributed by atoms with Gasteiger partial charge in [-0.3, -0.25) is 14.3 Å². The number of aromatic nitrogens is 3. The van der Waals surface area contributed by atoms with Crippen LogP contribution in [0, 0.1) is 0 Å². The smallest absolute Gasteiger partial charge is 0.330 e. The lowest BCUT2D eigenvalue weighted by atomic mass is 10.0. The summed E-state index contributed by atoms with van der Waals surface area (Å²) in [4.78, 5) is 31.3. The van der Waals surface area contributed by atoms with Crippen molar-refractivity contribution in [3.63, 3.8) is 0 Å². The van der Waals surface area contributed by atoms with Crippen LogP contribution in [0.1, 0.15) is 19.9 Å². The van der Waals surface area contributed by atoms with Gasteiger partial charge >= 0.3 is 5.69 Å². The van der Waals surface area contributed by atoms with Gasteiger partial charge < -0.3 is 9.47 Å². The van der Waals surface area contributed by atoms with Crippen LogP contribution in [0.4, 0.5) is 0 Å². The standard InChI is InChI=1S/C18H19N3O4/c1-10(2)21-16-15(17(22)20-18(21)23)12(7-8-19-16)11-5-6-13(24-3)14(9-11)25-4/h5-10H,1-4H3,(H,20,22,23). The molecule has 130 valence electrons. The SMILES string of the molecule is COc1ccc(-c2ccnc3c2c(=O)[nH]c(=O)n3C(C)C)cc1OC. The summed E-state index contributed by atoms with van der Waals surface area (Å²) in [5, 5.41) is 0.364. The van der Waals surface area contributed by atoms with E-state index >= 15 is 0 Å². The van der Waals surface area contributed by atoms with Gasteiger partial charge in [-0.1, -0.05) is 6.07 Å². The molecule has 7 nitrogen and oxygen atoms in total. The van der Waals surface area contributed by atoms with Crippen molar-refractivity contribution in [2.45, 2.75) is 19.9 Å². The number of aromatic amines is 1. The number of ether oxygens (including phenoxy) is 2. The number of hydrogen-bond acceptors (Lipinski definition) is 5. The molecule has 0 saturated carbocycles. The van der Waals surface area contributed by atoms with Crippen LogP contribution in [0.2, 0.25) is 0 Å². The largest absolute Gasteiger partial charge is 0.493 e. The highest BCUT2D eigenvalue weighted by Crippen LogP contribution is 2.34. The second kappa shape index (κ2) is 6.43. The first kappa shape index (κ1) is 16.8. The predicted octanol–water partition coefficient (Wildman–Crippen LogP) is 2.35. The maximum absolute atomic E-state index is 12.5. The first-order valence-electron chi connectivity index (χ1n) is 7.83. The molecule has 2 aromatic heterocycles. The molecular formula is C18H19N3O4. The van der Waals surface area contributed by atoms with Gasteiger partial charge in [0.25, 0.3) is 5.56 Å². The molecule has 0 saturated heterocycles. The lowest BCUT2D eigenvalue weighted by molar-refractivity contribution is 0.355. The summed E-state index contributed by atoms with van der Waals surface area (Å²) in [6, 6.07) is 7.00. The first-order valence-corrected chi connectivity index (χ1v) is 7.83. The number of rotatable bonds is 4. The summed E-state index contributed by atoms with van der Waals surface area (Å²) in [5.41, 5.74) is 0.862. The number of methoxy groups -OCH3 is 2. The highest BCUT2D eigenvalue weighted by molar-refractivity contribution is 5.92. The minimum Gasteiger partial charge on any atom is -0.493 e. The Kier molecular flexibility index (Phi) is 4.31. The molecule has 7 heteroatoms. The van der Waals surface area contributed by atoms with E-state index < -0.39 is 11.2 Å². The van der Waals surface area contributed by atoms with Crippen molar-refractivity contribution in [1.29, 1.82) is 0 Å². The Morgan fingerprint density at radius 1 is 1.08 bits per heavy atom. The molecule has 0 aliphatic rings. The molecular weight excluding hydrogens is 322 g/mol. The molecule has 0 spiro atoms. The highest BCUT2D eigenvalue weighted by Gasteiger charge is 2.16. The summed E-state index contributed by atoms with van der Waals surface area (Å²) in [7, 11) is 3.11. The third kappa shape index (κ3) is 2.77. The highest BCUT2D eigenvalue weighted by atomic mass is 16.5. The van der Waals surface area contributed by atoms with Crippen LogP contribution in [0.25, 0.3) is 22.2 Å². The van der Waals surface area contributed by atoms with Crippen LogP contribution >= 0.6 is 0 Å². The Hall–Kier alpha value is -3.09. The summed E-state index contributed by atoms with van der Waals surface area (Å²) in [6.45, 7) is 3.73. The van der Waals surface area contributed by atoms with Crippen molar-refractivity contribution in [1.82, 2.24) is 14.5 Å². The van der Waals surface area contributed by atoms with Crippen molar-refractivity contribution in [3.05, 3.63) is 51.3 Å². The number of nitrogens with one attached hydrogen (secondary N) is 1. The van der Waals surface area contributed by atoms with E-state index in [1.807, 2.05) is 19.9 Å². The van der Waals surface area contributed by atoms with Crippen LogP contribution in [0.15, 0.2) is 40.1 Å². The quantitative estimate of drug-likeness (QED) is 0.787. The van der Waals surface area contributed by atoms with Crippen LogP contribution in [0.3, 0.4) is 0 Å². The molecule has 0 atom stereocenters. The molecule has 0 bridgehead atoms. The number of nitrogens with zero attached hydrogens (tertiary/aromatic N) is 2. The molecule has 0 radical (unpaired) electrons. The molecule has 3 aromatic rings. The topological polar surface area (TPSA) is 86.2 Å². The minimum atomic E-state index is -0.468. The van der Waals surface area contributed by atoms with Gasteiger partial charge in [-0.25, -0.2) is 9.78 Å². The average Bonchev–Trinajstić information content (AvgIpc) is 2.60. The Labute approximate surface area is 143 Å². The maximum Gasteiger partial charge on any atom is 0.330 e. The molecule has 3 rings (SSSR count). The Bertz CT molecular complexity index is 1050. The molecule has 25 heavy (non-hydrogen) atoms. The Morgan fingerprint density at radius 3 is 2.44 bits per heavy atom. The molecule has 2 heterocycles. The third-order valence-corrected chi connectivity index (χ3v) is 4.04. The zero-order chi connectivity index (χ0) is 18.1. The molecule has 0 fully saturated rings. The van der Waals surface area contributed by atoms with E-state index in [9.17, 15) is 9.59 Å². The van der Waals surface area contributed by atoms with Crippen molar-refractivity contribution in [2.24, 2.45) is 0 Å². The summed E-state index contributed by atoms with van der Waals surface area (Å²) in [5.74, 6) is 1.15. The fourth-order valence-electron chi connectivity index (χ4n) is 2.90. The van der Waals surface area contributed by atoms with Crippen LogP contribution in [-0.4, -0.2) is 28.8 Å². The van der Waals surface area contributed by atoms with E-state index in [2.05, 4.69) is 9.97 Å². The van der Waals surface area contributed by atoms with Gasteiger partial charge in [0.1, 0.15) is 5.65 Å². The molecule has 1 N–H and O–H groups in total. The maximum atomic E-state index is 12.5. The molecule has 0 aliphatic carbocycles. The molecule has 0 unspecified atom stereocenters. The normalized spacial score (nSPS) is 11.1. The average molecular weight is 341 g/mol. The number of pyridine rings is 1. The third-order valence-electron chi connectivity index (χ3n) is 4.04. The van der Waals surface area contributed by atoms with Gasteiger partial charge in [0, 0.05) is 12.2 Å². The van der Waals surface area contributed by atoms with Gasteiger partial charge in [-0.15, -0.1) is 0 Å². The summed E-state index contributed by atoms with van der Waals surface area (Å²) >= 11 is 0. The fourth-order valence-corrected chi connectivity index (χ4v) is 2.90. The van der Waals surface area contributed by atoms with Gasteiger partial charge in [0.15, 0.2) is 11.5 Å². The number of fused-ring (bicyclic) bond motifs is 1. The van der Waals surface area contributed by atoms with Crippen molar-refractivity contribution in [3.8, 4) is 22.6 Å². The minimum absolute atomic E-state index is 0.139. The van der Waals surface area contributed by atoms with E-state index in [0.29, 0.717) is 28.1 Å². The number of benzene rings is 1. The lowest BCUT2D eigenvalue weighted by Crippen LogP contribution is -2.32. The van der Waals surface area contributed by atoms with E-state index in [1.165, 1.54) is 4.57 Å². The summed E-state index contributed by atoms with van der Waals surface area (Å²) in [6.07, 6.45) is 1.59. The first-order chi connectivity index (χ1) is 12.0. The van der Waals surface area contributed by atoms with Gasteiger partial charge in [0.2, 0.25) is 0 Å². The number of hydrogen-bond donors (Lipinski definition) is 1. The fraction of sp³-hybridized carbons (Fsp3) is 0.278. The Balaban J connectivity index is 2.37. The molecule has 0 amide bonds. The zero-order valence-electron chi connectivity index (χ0n) is 14.5. The van der Waals surface area contributed by atoms with Crippen LogP contribution < -0.4 is 20.7 Å². The van der Waals surface area contributed by atoms with Gasteiger partial charge in [-0.2, -0.15) is 0 Å². The number of H-pyrrole nitrogens is 1. The Morgan fingerprint density at radius 2 is 1.80 bits per heavy atom. The van der Waals surface area contributed by atoms with Gasteiger partial charge in [-0.05, 0) is 43.2 Å².